The van der Waals surface area contributed by atoms with Crippen LogP contribution in [0.4, 0.5) is 10.1 Å². The van der Waals surface area contributed by atoms with Crippen LogP contribution in [0.25, 0.3) is 0 Å². The summed E-state index contributed by atoms with van der Waals surface area (Å²) >= 11 is 3.28. The van der Waals surface area contributed by atoms with Gasteiger partial charge in [-0.25, -0.2) is 4.39 Å². The fraction of sp³-hybridized carbons (Fsp3) is 0.235. The van der Waals surface area contributed by atoms with Crippen LogP contribution in [0.1, 0.15) is 30.9 Å². The Bertz CT molecular complexity index is 638. The summed E-state index contributed by atoms with van der Waals surface area (Å²) in [6.07, 6.45) is 0.0111. The van der Waals surface area contributed by atoms with E-state index in [0.717, 1.165) is 10.2 Å². The van der Waals surface area contributed by atoms with Crippen molar-refractivity contribution in [1.82, 2.24) is 0 Å². The zero-order valence-corrected chi connectivity index (χ0v) is 13.6. The van der Waals surface area contributed by atoms with Crippen LogP contribution >= 0.6 is 15.9 Å². The molecule has 0 aliphatic carbocycles. The highest BCUT2D eigenvalue weighted by molar-refractivity contribution is 9.10. The van der Waals surface area contributed by atoms with E-state index in [9.17, 15) is 9.18 Å². The molecule has 0 bridgehead atoms. The third kappa shape index (κ3) is 4.39. The molecule has 4 heteroatoms. The van der Waals surface area contributed by atoms with Crippen LogP contribution in [0.2, 0.25) is 0 Å². The first-order chi connectivity index (χ1) is 9.95. The van der Waals surface area contributed by atoms with E-state index in [4.69, 9.17) is 0 Å². The molecule has 0 heterocycles. The number of hydrogen-bond acceptors (Lipinski definition) is 1. The van der Waals surface area contributed by atoms with E-state index in [1.807, 2.05) is 24.3 Å². The zero-order valence-electron chi connectivity index (χ0n) is 12.0. The minimum absolute atomic E-state index is 0.0111. The van der Waals surface area contributed by atoms with Gasteiger partial charge < -0.3 is 5.32 Å². The molecular formula is C17H17BrFNO. The quantitative estimate of drug-likeness (QED) is 0.836. The normalized spacial score (nSPS) is 10.7. The number of carbonyl (C=O) groups excluding carboxylic acids is 1. The van der Waals surface area contributed by atoms with Gasteiger partial charge in [-0.2, -0.15) is 0 Å². The maximum absolute atomic E-state index is 13.6. The Labute approximate surface area is 132 Å². The first-order valence-corrected chi connectivity index (χ1v) is 7.58. The van der Waals surface area contributed by atoms with E-state index in [1.54, 1.807) is 12.1 Å². The predicted octanol–water partition coefficient (Wildman–Crippen LogP) is 4.89. The van der Waals surface area contributed by atoms with Gasteiger partial charge >= 0.3 is 0 Å². The highest BCUT2D eigenvalue weighted by atomic mass is 79.9. The van der Waals surface area contributed by atoms with Gasteiger partial charge in [0.1, 0.15) is 5.82 Å². The van der Waals surface area contributed by atoms with Gasteiger partial charge in [0.2, 0.25) is 5.91 Å². The molecule has 0 saturated carbocycles. The predicted molar refractivity (Wildman–Crippen MR) is 87.0 cm³/mol. The Morgan fingerprint density at radius 1 is 1.19 bits per heavy atom. The molecule has 21 heavy (non-hydrogen) atoms. The zero-order chi connectivity index (χ0) is 15.4. The summed E-state index contributed by atoms with van der Waals surface area (Å²) in [6, 6.07) is 12.3. The number of rotatable bonds is 4. The molecule has 0 unspecified atom stereocenters. The lowest BCUT2D eigenvalue weighted by Crippen LogP contribution is -2.15. The number of carbonyl (C=O) groups is 1. The smallest absolute Gasteiger partial charge is 0.228 e. The molecular weight excluding hydrogens is 333 g/mol. The molecule has 0 aliphatic heterocycles. The lowest BCUT2D eigenvalue weighted by atomic mass is 10.0. The van der Waals surface area contributed by atoms with Gasteiger partial charge in [-0.15, -0.1) is 0 Å². The minimum Gasteiger partial charge on any atom is -0.326 e. The molecule has 0 aliphatic rings. The average molecular weight is 350 g/mol. The van der Waals surface area contributed by atoms with Crippen LogP contribution < -0.4 is 5.32 Å². The molecule has 1 N–H and O–H groups in total. The average Bonchev–Trinajstić information content (AvgIpc) is 2.43. The first-order valence-electron chi connectivity index (χ1n) is 6.79. The molecule has 2 aromatic carbocycles. The molecule has 0 atom stereocenters. The molecule has 0 fully saturated rings. The Balaban J connectivity index is 2.03. The van der Waals surface area contributed by atoms with Crippen molar-refractivity contribution in [2.24, 2.45) is 0 Å². The second kappa shape index (κ2) is 6.85. The van der Waals surface area contributed by atoms with Crippen LogP contribution in [0.5, 0.6) is 0 Å². The molecule has 2 nitrogen and oxygen atoms in total. The van der Waals surface area contributed by atoms with Crippen LogP contribution in [-0.4, -0.2) is 5.91 Å². The fourth-order valence-electron chi connectivity index (χ4n) is 2.01. The summed E-state index contributed by atoms with van der Waals surface area (Å²) < 4.78 is 14.4. The van der Waals surface area contributed by atoms with Gasteiger partial charge in [-0.1, -0.05) is 41.9 Å². The van der Waals surface area contributed by atoms with E-state index in [1.165, 1.54) is 11.6 Å². The third-order valence-corrected chi connectivity index (χ3v) is 3.71. The number of benzene rings is 2. The van der Waals surface area contributed by atoms with Crippen molar-refractivity contribution in [3.63, 3.8) is 0 Å². The number of hydrogen-bond donors (Lipinski definition) is 1. The van der Waals surface area contributed by atoms with Crippen LogP contribution in [0.15, 0.2) is 46.9 Å². The second-order valence-electron chi connectivity index (χ2n) is 5.24. The number of halogens is 2. The maximum atomic E-state index is 13.6. The Morgan fingerprint density at radius 3 is 2.48 bits per heavy atom. The van der Waals surface area contributed by atoms with E-state index in [2.05, 4.69) is 35.1 Å². The molecule has 0 spiro atoms. The van der Waals surface area contributed by atoms with E-state index >= 15 is 0 Å². The fourth-order valence-corrected chi connectivity index (χ4v) is 2.42. The van der Waals surface area contributed by atoms with Crippen molar-refractivity contribution in [1.29, 1.82) is 0 Å². The van der Waals surface area contributed by atoms with Crippen molar-refractivity contribution in [2.45, 2.75) is 26.2 Å². The van der Waals surface area contributed by atoms with Crippen molar-refractivity contribution >= 4 is 27.5 Å². The molecule has 2 aromatic rings. The van der Waals surface area contributed by atoms with Crippen LogP contribution in [0.3, 0.4) is 0 Å². The van der Waals surface area contributed by atoms with E-state index < -0.39 is 0 Å². The van der Waals surface area contributed by atoms with Crippen LogP contribution in [0, 0.1) is 5.82 Å². The molecule has 1 amide bonds. The molecule has 0 radical (unpaired) electrons. The third-order valence-electron chi connectivity index (χ3n) is 3.22. The molecule has 0 saturated heterocycles. The van der Waals surface area contributed by atoms with Crippen molar-refractivity contribution in [3.05, 3.63) is 63.9 Å². The maximum Gasteiger partial charge on any atom is 0.228 e. The SMILES string of the molecule is CC(C)c1ccc(NC(=O)Cc2cc(Br)ccc2F)cc1. The lowest BCUT2D eigenvalue weighted by molar-refractivity contribution is -0.115. The highest BCUT2D eigenvalue weighted by Crippen LogP contribution is 2.19. The summed E-state index contributed by atoms with van der Waals surface area (Å²) in [5.41, 5.74) is 2.31. The van der Waals surface area contributed by atoms with Crippen molar-refractivity contribution < 1.29 is 9.18 Å². The molecule has 2 rings (SSSR count). The summed E-state index contributed by atoms with van der Waals surface area (Å²) in [5.74, 6) is -0.154. The number of nitrogens with one attached hydrogen (secondary N) is 1. The summed E-state index contributed by atoms with van der Waals surface area (Å²) in [7, 11) is 0. The summed E-state index contributed by atoms with van der Waals surface area (Å²) in [5, 5.41) is 2.78. The Hall–Kier alpha value is -1.68. The first kappa shape index (κ1) is 15.7. The van der Waals surface area contributed by atoms with Gasteiger partial charge in [0.15, 0.2) is 0 Å². The standard InChI is InChI=1S/C17H17BrFNO/c1-11(2)12-3-6-15(7-4-12)20-17(21)10-13-9-14(18)5-8-16(13)19/h3-9,11H,10H2,1-2H3,(H,20,21). The largest absolute Gasteiger partial charge is 0.326 e. The van der Waals surface area contributed by atoms with Gasteiger partial charge in [0.25, 0.3) is 0 Å². The topological polar surface area (TPSA) is 29.1 Å². The van der Waals surface area contributed by atoms with Gasteiger partial charge in [0.05, 0.1) is 6.42 Å². The Kier molecular flexibility index (Phi) is 5.12. The summed E-state index contributed by atoms with van der Waals surface area (Å²) in [4.78, 5) is 12.0. The van der Waals surface area contributed by atoms with Crippen molar-refractivity contribution in [2.75, 3.05) is 5.32 Å². The monoisotopic (exact) mass is 349 g/mol. The van der Waals surface area contributed by atoms with Gasteiger partial charge in [-0.05, 0) is 47.4 Å². The number of anilines is 1. The Morgan fingerprint density at radius 2 is 1.86 bits per heavy atom. The lowest BCUT2D eigenvalue weighted by Gasteiger charge is -2.09. The number of amides is 1. The van der Waals surface area contributed by atoms with E-state index in [0.29, 0.717) is 11.5 Å². The summed E-state index contributed by atoms with van der Waals surface area (Å²) in [6.45, 7) is 4.23. The second-order valence-corrected chi connectivity index (χ2v) is 6.15. The van der Waals surface area contributed by atoms with Crippen LogP contribution in [-0.2, 0) is 11.2 Å². The minimum atomic E-state index is -0.372. The molecule has 110 valence electrons. The highest BCUT2D eigenvalue weighted by Gasteiger charge is 2.09. The van der Waals surface area contributed by atoms with Gasteiger partial charge in [0, 0.05) is 10.2 Å². The van der Waals surface area contributed by atoms with E-state index in [-0.39, 0.29) is 18.1 Å². The van der Waals surface area contributed by atoms with Crippen molar-refractivity contribution in [3.8, 4) is 0 Å². The van der Waals surface area contributed by atoms with Gasteiger partial charge in [-0.3, -0.25) is 4.79 Å². The molecule has 0 aromatic heterocycles.